The Morgan fingerprint density at radius 3 is 2.19 bits per heavy atom. The van der Waals surface area contributed by atoms with Gasteiger partial charge in [0, 0.05) is 27.2 Å². The van der Waals surface area contributed by atoms with Gasteiger partial charge < -0.3 is 8.98 Å². The lowest BCUT2D eigenvalue weighted by molar-refractivity contribution is 0.668. The lowest BCUT2D eigenvalue weighted by Gasteiger charge is -2.07. The van der Waals surface area contributed by atoms with Gasteiger partial charge in [0.15, 0.2) is 5.58 Å². The Morgan fingerprint density at radius 1 is 0.593 bits per heavy atom. The van der Waals surface area contributed by atoms with Gasteiger partial charge in [-0.3, -0.25) is 0 Å². The summed E-state index contributed by atoms with van der Waals surface area (Å²) in [6.07, 6.45) is 0. The molecule has 3 heteroatoms. The van der Waals surface area contributed by atoms with Crippen molar-refractivity contribution in [3.8, 4) is 5.69 Å². The highest BCUT2D eigenvalue weighted by Crippen LogP contribution is 2.40. The maximum atomic E-state index is 6.46. The topological polar surface area (TPSA) is 18.1 Å². The molecule has 0 atom stereocenters. The molecule has 27 heavy (non-hydrogen) atoms. The first-order valence-electron chi connectivity index (χ1n) is 8.91. The molecule has 2 aromatic heterocycles. The van der Waals surface area contributed by atoms with Gasteiger partial charge in [-0.05, 0) is 52.9 Å². The molecule has 0 N–H and O–H groups in total. The van der Waals surface area contributed by atoms with Gasteiger partial charge in [-0.25, -0.2) is 0 Å². The molecule has 6 aromatic rings. The van der Waals surface area contributed by atoms with Crippen LogP contribution in [0.3, 0.4) is 0 Å². The molecule has 6 rings (SSSR count). The number of nitrogens with zero attached hydrogens (tertiary/aromatic N) is 1. The summed E-state index contributed by atoms with van der Waals surface area (Å²) in [6.45, 7) is 0. The Hall–Kier alpha value is -2.79. The zero-order valence-corrected chi connectivity index (χ0v) is 16.5. The zero-order valence-electron chi connectivity index (χ0n) is 14.3. The molecule has 0 bridgehead atoms. The SMILES string of the molecule is Ic1cccc2c1oc1c2ccc2c3ccccc3n(-c3ccccc3)c21. The summed E-state index contributed by atoms with van der Waals surface area (Å²) in [4.78, 5) is 0. The summed E-state index contributed by atoms with van der Waals surface area (Å²) in [6, 6.07) is 29.8. The lowest BCUT2D eigenvalue weighted by Crippen LogP contribution is -1.93. The molecule has 0 radical (unpaired) electrons. The van der Waals surface area contributed by atoms with Crippen molar-refractivity contribution < 1.29 is 4.42 Å². The van der Waals surface area contributed by atoms with Crippen LogP contribution >= 0.6 is 22.6 Å². The van der Waals surface area contributed by atoms with Crippen molar-refractivity contribution in [2.45, 2.75) is 0 Å². The van der Waals surface area contributed by atoms with Crippen molar-refractivity contribution in [3.05, 3.63) is 88.5 Å². The number of aromatic nitrogens is 1. The van der Waals surface area contributed by atoms with Crippen molar-refractivity contribution in [3.63, 3.8) is 0 Å². The van der Waals surface area contributed by atoms with Gasteiger partial charge in [-0.1, -0.05) is 54.6 Å². The fourth-order valence-corrected chi connectivity index (χ4v) is 4.72. The van der Waals surface area contributed by atoms with Crippen molar-refractivity contribution in [2.24, 2.45) is 0 Å². The van der Waals surface area contributed by atoms with Crippen LogP contribution in [0.4, 0.5) is 0 Å². The standard InChI is InChI=1S/C24H14INO/c25-20-11-6-10-18-19-14-13-17-16-9-4-5-12-21(16)26(15-7-2-1-3-8-15)22(17)24(19)27-23(18)20/h1-14H. The fraction of sp³-hybridized carbons (Fsp3) is 0. The summed E-state index contributed by atoms with van der Waals surface area (Å²) in [5.74, 6) is 0. The Balaban J connectivity index is 1.92. The number of rotatable bonds is 1. The number of para-hydroxylation sites is 3. The van der Waals surface area contributed by atoms with Crippen molar-refractivity contribution >= 4 is 66.3 Å². The minimum absolute atomic E-state index is 0.951. The molecule has 0 aliphatic carbocycles. The van der Waals surface area contributed by atoms with Crippen LogP contribution in [0.2, 0.25) is 0 Å². The normalized spacial score (nSPS) is 11.9. The maximum Gasteiger partial charge on any atom is 0.160 e. The first kappa shape index (κ1) is 15.3. The average Bonchev–Trinajstić information content (AvgIpc) is 3.25. The molecule has 0 aliphatic heterocycles. The van der Waals surface area contributed by atoms with E-state index in [1.807, 2.05) is 0 Å². The van der Waals surface area contributed by atoms with E-state index in [1.54, 1.807) is 0 Å². The van der Waals surface area contributed by atoms with Crippen molar-refractivity contribution in [1.29, 1.82) is 0 Å². The number of fused-ring (bicyclic) bond motifs is 7. The quantitative estimate of drug-likeness (QED) is 0.236. The Bertz CT molecular complexity index is 1470. The van der Waals surface area contributed by atoms with Crippen LogP contribution in [-0.2, 0) is 0 Å². The van der Waals surface area contributed by atoms with Gasteiger partial charge in [-0.15, -0.1) is 0 Å². The van der Waals surface area contributed by atoms with Gasteiger partial charge in [0.05, 0.1) is 14.6 Å². The second kappa shape index (κ2) is 5.60. The van der Waals surface area contributed by atoms with E-state index < -0.39 is 0 Å². The lowest BCUT2D eigenvalue weighted by atomic mass is 10.1. The van der Waals surface area contributed by atoms with Crippen LogP contribution < -0.4 is 0 Å². The summed E-state index contributed by atoms with van der Waals surface area (Å²) in [5, 5.41) is 4.80. The maximum absolute atomic E-state index is 6.46. The van der Waals surface area contributed by atoms with E-state index in [0.29, 0.717) is 0 Å². The van der Waals surface area contributed by atoms with Crippen LogP contribution in [0.5, 0.6) is 0 Å². The predicted molar refractivity (Wildman–Crippen MR) is 121 cm³/mol. The van der Waals surface area contributed by atoms with Gasteiger partial charge in [0.2, 0.25) is 0 Å². The Kier molecular flexibility index (Phi) is 3.17. The van der Waals surface area contributed by atoms with E-state index in [-0.39, 0.29) is 0 Å². The van der Waals surface area contributed by atoms with E-state index in [1.165, 1.54) is 21.7 Å². The molecule has 0 amide bonds. The van der Waals surface area contributed by atoms with Gasteiger partial charge in [-0.2, -0.15) is 0 Å². The van der Waals surface area contributed by atoms with Crippen molar-refractivity contribution in [1.82, 2.24) is 4.57 Å². The minimum atomic E-state index is 0.951. The third kappa shape index (κ3) is 2.06. The molecule has 0 saturated heterocycles. The van der Waals surface area contributed by atoms with E-state index in [2.05, 4.69) is 112 Å². The molecule has 4 aromatic carbocycles. The number of furan rings is 1. The molecule has 0 saturated carbocycles. The smallest absolute Gasteiger partial charge is 0.160 e. The minimum Gasteiger partial charge on any atom is -0.453 e. The van der Waals surface area contributed by atoms with E-state index in [4.69, 9.17) is 4.42 Å². The first-order valence-corrected chi connectivity index (χ1v) is 9.99. The van der Waals surface area contributed by atoms with E-state index in [0.717, 1.165) is 31.3 Å². The van der Waals surface area contributed by atoms with Crippen LogP contribution in [0, 0.1) is 3.57 Å². The zero-order chi connectivity index (χ0) is 18.0. The summed E-state index contributed by atoms with van der Waals surface area (Å²) in [7, 11) is 0. The Morgan fingerprint density at radius 2 is 1.30 bits per heavy atom. The monoisotopic (exact) mass is 459 g/mol. The molecule has 0 aliphatic rings. The van der Waals surface area contributed by atoms with Gasteiger partial charge in [0.25, 0.3) is 0 Å². The molecule has 0 spiro atoms. The third-order valence-electron chi connectivity index (χ3n) is 5.27. The Labute approximate surface area is 169 Å². The number of hydrogen-bond acceptors (Lipinski definition) is 1. The molecule has 2 nitrogen and oxygen atoms in total. The van der Waals surface area contributed by atoms with Crippen molar-refractivity contribution in [2.75, 3.05) is 0 Å². The molecular formula is C24H14INO. The molecule has 2 heterocycles. The highest BCUT2D eigenvalue weighted by atomic mass is 127. The highest BCUT2D eigenvalue weighted by Gasteiger charge is 2.19. The second-order valence-electron chi connectivity index (χ2n) is 6.75. The predicted octanol–water partition coefficient (Wildman–Crippen LogP) is 7.29. The molecule has 0 unspecified atom stereocenters. The first-order chi connectivity index (χ1) is 13.3. The summed E-state index contributed by atoms with van der Waals surface area (Å²) >= 11 is 2.35. The number of hydrogen-bond donors (Lipinski definition) is 0. The number of halogens is 1. The van der Waals surface area contributed by atoms with Crippen LogP contribution in [0.15, 0.2) is 89.3 Å². The summed E-state index contributed by atoms with van der Waals surface area (Å²) < 4.78 is 9.92. The van der Waals surface area contributed by atoms with E-state index in [9.17, 15) is 0 Å². The van der Waals surface area contributed by atoms with Crippen LogP contribution in [0.25, 0.3) is 49.4 Å². The average molecular weight is 459 g/mol. The van der Waals surface area contributed by atoms with E-state index >= 15 is 0 Å². The molecule has 0 fully saturated rings. The van der Waals surface area contributed by atoms with Crippen LogP contribution in [-0.4, -0.2) is 4.57 Å². The highest BCUT2D eigenvalue weighted by molar-refractivity contribution is 14.1. The summed E-state index contributed by atoms with van der Waals surface area (Å²) in [5.41, 5.74) is 5.39. The third-order valence-corrected chi connectivity index (χ3v) is 6.12. The van der Waals surface area contributed by atoms with Crippen LogP contribution in [0.1, 0.15) is 0 Å². The second-order valence-corrected chi connectivity index (χ2v) is 7.91. The molecule has 128 valence electrons. The van der Waals surface area contributed by atoms with Gasteiger partial charge >= 0.3 is 0 Å². The molecular weight excluding hydrogens is 445 g/mol. The van der Waals surface area contributed by atoms with Gasteiger partial charge in [0.1, 0.15) is 5.58 Å². The largest absolute Gasteiger partial charge is 0.453 e. The fourth-order valence-electron chi connectivity index (χ4n) is 4.11. The number of benzene rings is 4.